The molecule has 37 heavy (non-hydrogen) atoms. The third-order valence-electron chi connectivity index (χ3n) is 5.75. The number of piperazine rings is 1. The number of hydrogen-bond donors (Lipinski definition) is 2. The van der Waals surface area contributed by atoms with Crippen molar-refractivity contribution in [2.45, 2.75) is 25.9 Å². The number of nitrogens with zero attached hydrogens (tertiary/aromatic N) is 2. The number of amides is 1. The van der Waals surface area contributed by atoms with E-state index in [4.69, 9.17) is 9.90 Å². The molecular formula is C25H32F3N3O5S. The number of nitrogens with one attached hydrogen (secondary N) is 1. The summed E-state index contributed by atoms with van der Waals surface area (Å²) >= 11 is 0. The summed E-state index contributed by atoms with van der Waals surface area (Å²) in [6.07, 6.45) is -5.08. The highest BCUT2D eigenvalue weighted by Gasteiger charge is 2.38. The number of benzene rings is 2. The second-order valence-electron chi connectivity index (χ2n) is 8.70. The maximum atomic E-state index is 13.3. The Morgan fingerprint density at radius 3 is 2.22 bits per heavy atom. The Labute approximate surface area is 215 Å². The van der Waals surface area contributed by atoms with E-state index in [2.05, 4.69) is 12.2 Å². The molecule has 204 valence electrons. The average molecular weight is 544 g/mol. The summed E-state index contributed by atoms with van der Waals surface area (Å²) in [6.45, 7) is 6.94. The lowest BCUT2D eigenvalue weighted by atomic mass is 10.0. The molecule has 12 heteroatoms. The van der Waals surface area contributed by atoms with E-state index >= 15 is 0 Å². The van der Waals surface area contributed by atoms with Crippen molar-refractivity contribution in [1.29, 1.82) is 0 Å². The van der Waals surface area contributed by atoms with Gasteiger partial charge in [0.15, 0.2) is 0 Å². The zero-order valence-electron chi connectivity index (χ0n) is 20.7. The fourth-order valence-electron chi connectivity index (χ4n) is 3.73. The lowest BCUT2D eigenvalue weighted by molar-refractivity contribution is -0.192. The quantitative estimate of drug-likeness (QED) is 0.530. The van der Waals surface area contributed by atoms with Gasteiger partial charge >= 0.3 is 12.1 Å². The van der Waals surface area contributed by atoms with Gasteiger partial charge in [-0.3, -0.25) is 4.79 Å². The Kier molecular flexibility index (Phi) is 11.1. The van der Waals surface area contributed by atoms with Crippen molar-refractivity contribution in [3.8, 4) is 0 Å². The van der Waals surface area contributed by atoms with Crippen LogP contribution in [0.5, 0.6) is 0 Å². The molecule has 2 aromatic carbocycles. The van der Waals surface area contributed by atoms with Gasteiger partial charge in [0.25, 0.3) is 5.91 Å². The third-order valence-corrected chi connectivity index (χ3v) is 7.60. The first-order chi connectivity index (χ1) is 17.3. The van der Waals surface area contributed by atoms with Crippen LogP contribution in [-0.2, 0) is 14.8 Å². The van der Waals surface area contributed by atoms with Gasteiger partial charge in [0, 0.05) is 44.8 Å². The summed E-state index contributed by atoms with van der Waals surface area (Å²) in [5.74, 6) is -2.85. The molecule has 1 aliphatic heterocycles. The topological polar surface area (TPSA) is 107 Å². The molecule has 1 fully saturated rings. The van der Waals surface area contributed by atoms with Crippen molar-refractivity contribution >= 4 is 21.9 Å². The van der Waals surface area contributed by atoms with Crippen LogP contribution in [0, 0.1) is 6.92 Å². The van der Waals surface area contributed by atoms with E-state index in [1.54, 1.807) is 11.0 Å². The number of carbonyl (C=O) groups excluding carboxylic acids is 1. The normalized spacial score (nSPS) is 15.3. The van der Waals surface area contributed by atoms with Crippen molar-refractivity contribution in [3.63, 3.8) is 0 Å². The number of hydrogen-bond acceptors (Lipinski definition) is 5. The van der Waals surface area contributed by atoms with Crippen molar-refractivity contribution in [3.05, 3.63) is 71.3 Å². The molecule has 1 aliphatic rings. The van der Waals surface area contributed by atoms with Crippen LogP contribution in [0.2, 0.25) is 0 Å². The third kappa shape index (κ3) is 9.78. The smallest absolute Gasteiger partial charge is 0.475 e. The first kappa shape index (κ1) is 30.3. The number of halogens is 3. The Hall–Kier alpha value is -2.96. The van der Waals surface area contributed by atoms with Gasteiger partial charge in [-0.05, 0) is 30.5 Å². The summed E-state index contributed by atoms with van der Waals surface area (Å²) < 4.78 is 58.9. The van der Waals surface area contributed by atoms with Crippen LogP contribution >= 0.6 is 0 Å². The van der Waals surface area contributed by atoms with Gasteiger partial charge < -0.3 is 15.3 Å². The molecule has 1 heterocycles. The number of sulfonamides is 1. The predicted octanol–water partition coefficient (Wildman–Crippen LogP) is 3.11. The highest BCUT2D eigenvalue weighted by Crippen LogP contribution is 2.19. The van der Waals surface area contributed by atoms with Crippen LogP contribution in [0.4, 0.5) is 13.2 Å². The molecule has 2 N–H and O–H groups in total. The maximum absolute atomic E-state index is 13.3. The number of rotatable bonds is 8. The average Bonchev–Trinajstić information content (AvgIpc) is 2.87. The second kappa shape index (κ2) is 13.5. The highest BCUT2D eigenvalue weighted by molar-refractivity contribution is 7.89. The molecule has 3 rings (SSSR count). The number of aliphatic carboxylic acids is 1. The minimum Gasteiger partial charge on any atom is -0.475 e. The van der Waals surface area contributed by atoms with E-state index in [0.717, 1.165) is 11.1 Å². The molecule has 0 aromatic heterocycles. The summed E-state index contributed by atoms with van der Waals surface area (Å²) in [7, 11) is -3.40. The van der Waals surface area contributed by atoms with Crippen molar-refractivity contribution in [1.82, 2.24) is 14.5 Å². The fraction of sp³-hybridized carbons (Fsp3) is 0.440. The molecule has 1 unspecified atom stereocenters. The molecule has 0 radical (unpaired) electrons. The zero-order valence-corrected chi connectivity index (χ0v) is 21.6. The molecule has 0 aliphatic carbocycles. The minimum absolute atomic E-state index is 0.0634. The van der Waals surface area contributed by atoms with E-state index < -0.39 is 22.2 Å². The van der Waals surface area contributed by atoms with Crippen LogP contribution in [0.25, 0.3) is 0 Å². The van der Waals surface area contributed by atoms with Crippen molar-refractivity contribution in [2.75, 3.05) is 45.0 Å². The Bertz CT molecular complexity index is 1140. The van der Waals surface area contributed by atoms with E-state index in [0.29, 0.717) is 38.3 Å². The molecule has 1 saturated heterocycles. The van der Waals surface area contributed by atoms with Crippen LogP contribution in [0.3, 0.4) is 0 Å². The lowest BCUT2D eigenvalue weighted by Gasteiger charge is -2.30. The molecule has 0 bridgehead atoms. The number of aryl methyl sites for hydroxylation is 1. The first-order valence-electron chi connectivity index (χ1n) is 11.7. The lowest BCUT2D eigenvalue weighted by Crippen LogP contribution is -2.48. The summed E-state index contributed by atoms with van der Waals surface area (Å²) in [6, 6.07) is 17.5. The Morgan fingerprint density at radius 2 is 1.68 bits per heavy atom. The van der Waals surface area contributed by atoms with Crippen LogP contribution < -0.4 is 5.32 Å². The maximum Gasteiger partial charge on any atom is 0.490 e. The van der Waals surface area contributed by atoms with E-state index in [1.807, 2.05) is 55.5 Å². The largest absolute Gasteiger partial charge is 0.490 e. The minimum atomic E-state index is -5.08. The summed E-state index contributed by atoms with van der Waals surface area (Å²) in [5.41, 5.74) is 2.73. The first-order valence-corrected chi connectivity index (χ1v) is 13.3. The molecule has 0 saturated carbocycles. The Morgan fingerprint density at radius 1 is 1.08 bits per heavy atom. The van der Waals surface area contributed by atoms with Gasteiger partial charge in [0.2, 0.25) is 10.0 Å². The van der Waals surface area contributed by atoms with Gasteiger partial charge in [0.1, 0.15) is 0 Å². The molecule has 0 spiro atoms. The standard InChI is InChI=1S/C23H31N3O3S.C2HF3O2/c1-19-7-6-10-22(17-19)23(27)25(18-20(2)21-8-4-3-5-9-21)15-16-30(28,29)26-13-11-24-12-14-26;3-2(4,5)1(6)7/h3-10,17,20,24H,11-16,18H2,1-2H3;(H,6,7). The van der Waals surface area contributed by atoms with Crippen LogP contribution in [0.1, 0.15) is 34.3 Å². The van der Waals surface area contributed by atoms with Gasteiger partial charge in [-0.2, -0.15) is 17.5 Å². The van der Waals surface area contributed by atoms with E-state index in [1.165, 1.54) is 4.31 Å². The predicted molar refractivity (Wildman–Crippen MR) is 134 cm³/mol. The number of carbonyl (C=O) groups is 2. The van der Waals surface area contributed by atoms with Gasteiger partial charge in [0.05, 0.1) is 5.75 Å². The van der Waals surface area contributed by atoms with Crippen LogP contribution in [-0.4, -0.2) is 85.8 Å². The van der Waals surface area contributed by atoms with Crippen molar-refractivity contribution in [2.24, 2.45) is 0 Å². The molecule has 1 amide bonds. The number of alkyl halides is 3. The van der Waals surface area contributed by atoms with E-state index in [-0.39, 0.29) is 24.1 Å². The van der Waals surface area contributed by atoms with Crippen LogP contribution in [0.15, 0.2) is 54.6 Å². The van der Waals surface area contributed by atoms with Gasteiger partial charge in [-0.25, -0.2) is 13.2 Å². The monoisotopic (exact) mass is 543 g/mol. The van der Waals surface area contributed by atoms with Gasteiger partial charge in [-0.1, -0.05) is 55.0 Å². The number of carboxylic acids is 1. The highest BCUT2D eigenvalue weighted by atomic mass is 32.2. The molecule has 1 atom stereocenters. The molecule has 8 nitrogen and oxygen atoms in total. The molecular weight excluding hydrogens is 511 g/mol. The van der Waals surface area contributed by atoms with Crippen molar-refractivity contribution < 1.29 is 36.3 Å². The second-order valence-corrected chi connectivity index (χ2v) is 10.8. The number of carboxylic acid groups (broad SMARTS) is 1. The van der Waals surface area contributed by atoms with E-state index in [9.17, 15) is 26.4 Å². The SMILES string of the molecule is Cc1cccc(C(=O)N(CCS(=O)(=O)N2CCNCC2)CC(C)c2ccccc2)c1.O=C(O)C(F)(F)F. The zero-order chi connectivity index (χ0) is 27.6. The Balaban J connectivity index is 0.000000604. The summed E-state index contributed by atoms with van der Waals surface area (Å²) in [4.78, 5) is 23.8. The van der Waals surface area contributed by atoms with Gasteiger partial charge in [-0.15, -0.1) is 0 Å². The fourth-order valence-corrected chi connectivity index (χ4v) is 5.18. The summed E-state index contributed by atoms with van der Waals surface area (Å²) in [5, 5.41) is 10.3. The molecule has 2 aromatic rings.